The molecule has 8 heteroatoms. The lowest BCUT2D eigenvalue weighted by Crippen LogP contribution is -2.21. The number of aromatic nitrogens is 3. The number of ether oxygens (including phenoxy) is 1. The molecule has 0 radical (unpaired) electrons. The molecule has 0 saturated carbocycles. The minimum atomic E-state index is -0.358. The zero-order valence-electron chi connectivity index (χ0n) is 15.2. The number of anilines is 1. The van der Waals surface area contributed by atoms with E-state index in [2.05, 4.69) is 40.5 Å². The molecule has 8 nitrogen and oxygen atoms in total. The van der Waals surface area contributed by atoms with Gasteiger partial charge in [-0.15, -0.1) is 0 Å². The largest absolute Gasteiger partial charge is 0.465 e. The third-order valence-electron chi connectivity index (χ3n) is 3.42. The molecule has 0 amide bonds. The molecule has 0 unspecified atom stereocenters. The van der Waals surface area contributed by atoms with E-state index in [0.717, 1.165) is 23.8 Å². The number of allylic oxidation sites excluding steroid dienone is 3. The molecule has 0 aliphatic heterocycles. The van der Waals surface area contributed by atoms with Crippen molar-refractivity contribution in [3.63, 3.8) is 0 Å². The van der Waals surface area contributed by atoms with E-state index in [9.17, 15) is 4.79 Å². The summed E-state index contributed by atoms with van der Waals surface area (Å²) in [5.74, 6) is 0.0187. The van der Waals surface area contributed by atoms with Crippen LogP contribution in [-0.2, 0) is 16.1 Å². The zero-order chi connectivity index (χ0) is 18.9. The zero-order valence-corrected chi connectivity index (χ0v) is 15.2. The van der Waals surface area contributed by atoms with Crippen LogP contribution in [0.25, 0.3) is 11.0 Å². The van der Waals surface area contributed by atoms with Crippen molar-refractivity contribution >= 4 is 29.2 Å². The first-order valence-electron chi connectivity index (χ1n) is 8.35. The summed E-state index contributed by atoms with van der Waals surface area (Å²) in [7, 11) is 0. The SMILES string of the molecule is CCOC(=O)CN/C=C(\C=N)Nc1ncc2ccn(CC=C(C)C)c2n1. The van der Waals surface area contributed by atoms with Gasteiger partial charge in [0.05, 0.1) is 12.3 Å². The third-order valence-corrected chi connectivity index (χ3v) is 3.42. The van der Waals surface area contributed by atoms with Gasteiger partial charge in [0.15, 0.2) is 0 Å². The average molecular weight is 356 g/mol. The van der Waals surface area contributed by atoms with Gasteiger partial charge in [0.1, 0.15) is 12.2 Å². The van der Waals surface area contributed by atoms with Crippen molar-refractivity contribution in [2.75, 3.05) is 18.5 Å². The van der Waals surface area contributed by atoms with E-state index >= 15 is 0 Å². The monoisotopic (exact) mass is 356 g/mol. The molecule has 26 heavy (non-hydrogen) atoms. The number of hydrogen-bond acceptors (Lipinski definition) is 7. The van der Waals surface area contributed by atoms with E-state index < -0.39 is 0 Å². The number of hydrogen-bond donors (Lipinski definition) is 3. The Kier molecular flexibility index (Phi) is 6.90. The molecule has 0 atom stereocenters. The van der Waals surface area contributed by atoms with Crippen LogP contribution in [0.2, 0.25) is 0 Å². The minimum Gasteiger partial charge on any atom is -0.465 e. The number of carbonyl (C=O) groups excluding carboxylic acids is 1. The molecule has 2 aromatic rings. The maximum absolute atomic E-state index is 11.3. The van der Waals surface area contributed by atoms with Crippen molar-refractivity contribution in [3.8, 4) is 0 Å². The standard InChI is InChI=1S/C18H24N6O2/c1-4-26-16(25)12-20-11-15(9-19)22-18-21-10-14-6-8-24(17(14)23-18)7-5-13(2)3/h5-6,8-11,19-20H,4,7,12H2,1-3H3,(H,21,22,23)/b15-11+,19-9?. The second-order valence-electron chi connectivity index (χ2n) is 5.78. The van der Waals surface area contributed by atoms with Crippen LogP contribution in [0.1, 0.15) is 20.8 Å². The van der Waals surface area contributed by atoms with E-state index in [1.54, 1.807) is 13.1 Å². The predicted molar refractivity (Wildman–Crippen MR) is 102 cm³/mol. The molecule has 2 aromatic heterocycles. The van der Waals surface area contributed by atoms with Crippen LogP contribution >= 0.6 is 0 Å². The highest BCUT2D eigenvalue weighted by Gasteiger charge is 2.06. The van der Waals surface area contributed by atoms with Gasteiger partial charge in [-0.1, -0.05) is 11.6 Å². The number of nitrogens with zero attached hydrogens (tertiary/aromatic N) is 3. The van der Waals surface area contributed by atoms with Crippen LogP contribution in [-0.4, -0.2) is 39.9 Å². The first-order chi connectivity index (χ1) is 12.5. The summed E-state index contributed by atoms with van der Waals surface area (Å²) in [5, 5.41) is 14.2. The normalized spacial score (nSPS) is 11.1. The van der Waals surface area contributed by atoms with E-state index in [-0.39, 0.29) is 12.5 Å². The Morgan fingerprint density at radius 3 is 2.92 bits per heavy atom. The first kappa shape index (κ1) is 19.2. The minimum absolute atomic E-state index is 0.0261. The number of esters is 1. The first-order valence-corrected chi connectivity index (χ1v) is 8.35. The van der Waals surface area contributed by atoms with Gasteiger partial charge in [0, 0.05) is 36.7 Å². The predicted octanol–water partition coefficient (Wildman–Crippen LogP) is 2.45. The molecular weight excluding hydrogens is 332 g/mol. The van der Waals surface area contributed by atoms with Crippen molar-refractivity contribution < 1.29 is 9.53 Å². The Hall–Kier alpha value is -3.16. The fourth-order valence-electron chi connectivity index (χ4n) is 2.16. The lowest BCUT2D eigenvalue weighted by Gasteiger charge is -2.07. The van der Waals surface area contributed by atoms with Gasteiger partial charge in [0.25, 0.3) is 0 Å². The molecule has 0 spiro atoms. The van der Waals surface area contributed by atoms with Crippen molar-refractivity contribution in [1.29, 1.82) is 5.41 Å². The van der Waals surface area contributed by atoms with Crippen molar-refractivity contribution in [2.24, 2.45) is 0 Å². The topological polar surface area (TPSA) is 105 Å². The van der Waals surface area contributed by atoms with Crippen LogP contribution in [0.5, 0.6) is 0 Å². The number of nitrogens with one attached hydrogen (secondary N) is 3. The van der Waals surface area contributed by atoms with Gasteiger partial charge < -0.3 is 25.3 Å². The lowest BCUT2D eigenvalue weighted by atomic mass is 10.3. The van der Waals surface area contributed by atoms with Crippen LogP contribution < -0.4 is 10.6 Å². The molecule has 0 bridgehead atoms. The van der Waals surface area contributed by atoms with Gasteiger partial charge in [-0.25, -0.2) is 4.98 Å². The maximum Gasteiger partial charge on any atom is 0.325 e. The van der Waals surface area contributed by atoms with Crippen LogP contribution in [0.4, 0.5) is 5.95 Å². The summed E-state index contributed by atoms with van der Waals surface area (Å²) >= 11 is 0. The summed E-state index contributed by atoms with van der Waals surface area (Å²) in [5.41, 5.74) is 2.47. The Morgan fingerprint density at radius 2 is 2.23 bits per heavy atom. The summed E-state index contributed by atoms with van der Waals surface area (Å²) in [4.78, 5) is 20.1. The maximum atomic E-state index is 11.3. The molecule has 2 heterocycles. The highest BCUT2D eigenvalue weighted by molar-refractivity contribution is 5.81. The molecule has 0 saturated heterocycles. The van der Waals surface area contributed by atoms with Gasteiger partial charge in [-0.3, -0.25) is 4.79 Å². The van der Waals surface area contributed by atoms with Crippen molar-refractivity contribution in [3.05, 3.63) is 42.0 Å². The van der Waals surface area contributed by atoms with Gasteiger partial charge in [-0.05, 0) is 26.8 Å². The molecule has 138 valence electrons. The van der Waals surface area contributed by atoms with E-state index in [1.165, 1.54) is 11.8 Å². The van der Waals surface area contributed by atoms with Gasteiger partial charge >= 0.3 is 5.97 Å². The highest BCUT2D eigenvalue weighted by Crippen LogP contribution is 2.15. The summed E-state index contributed by atoms with van der Waals surface area (Å²) in [6, 6.07) is 1.96. The molecule has 0 aromatic carbocycles. The fourth-order valence-corrected chi connectivity index (χ4v) is 2.16. The molecule has 0 fully saturated rings. The molecule has 3 N–H and O–H groups in total. The van der Waals surface area contributed by atoms with Crippen molar-refractivity contribution in [1.82, 2.24) is 19.9 Å². The second kappa shape index (κ2) is 9.36. The molecule has 0 aliphatic carbocycles. The van der Waals surface area contributed by atoms with Gasteiger partial charge in [-0.2, -0.15) is 4.98 Å². The van der Waals surface area contributed by atoms with E-state index in [1.807, 2.05) is 16.8 Å². The Bertz CT molecular complexity index is 833. The number of rotatable bonds is 9. The average Bonchev–Trinajstić information content (AvgIpc) is 3.01. The quantitative estimate of drug-likeness (QED) is 0.362. The van der Waals surface area contributed by atoms with Crippen molar-refractivity contribution in [2.45, 2.75) is 27.3 Å². The Labute approximate surface area is 152 Å². The van der Waals surface area contributed by atoms with E-state index in [0.29, 0.717) is 18.3 Å². The molecule has 2 rings (SSSR count). The van der Waals surface area contributed by atoms with E-state index in [4.69, 9.17) is 10.1 Å². The number of fused-ring (bicyclic) bond motifs is 1. The Morgan fingerprint density at radius 1 is 1.42 bits per heavy atom. The van der Waals surface area contributed by atoms with Crippen LogP contribution in [0, 0.1) is 5.41 Å². The van der Waals surface area contributed by atoms with Gasteiger partial charge in [0.2, 0.25) is 5.95 Å². The van der Waals surface area contributed by atoms with Crippen LogP contribution in [0.3, 0.4) is 0 Å². The summed E-state index contributed by atoms with van der Waals surface area (Å²) < 4.78 is 6.86. The smallest absolute Gasteiger partial charge is 0.325 e. The van der Waals surface area contributed by atoms with Crippen LogP contribution in [0.15, 0.2) is 42.0 Å². The fraction of sp³-hybridized carbons (Fsp3) is 0.333. The molecular formula is C18H24N6O2. The summed E-state index contributed by atoms with van der Waals surface area (Å²) in [6.45, 7) is 6.95. The lowest BCUT2D eigenvalue weighted by molar-refractivity contribution is -0.141. The second-order valence-corrected chi connectivity index (χ2v) is 5.78. The highest BCUT2D eigenvalue weighted by atomic mass is 16.5. The Balaban J connectivity index is 2.10. The summed E-state index contributed by atoms with van der Waals surface area (Å²) in [6.07, 6.45) is 8.46. The molecule has 0 aliphatic rings. The third kappa shape index (κ3) is 5.44. The number of carbonyl (C=O) groups is 1.